The number of methoxy groups -OCH3 is 1. The van der Waals surface area contributed by atoms with Crippen LogP contribution >= 0.6 is 11.8 Å². The van der Waals surface area contributed by atoms with Crippen LogP contribution in [-0.4, -0.2) is 38.6 Å². The third kappa shape index (κ3) is 7.23. The van der Waals surface area contributed by atoms with Gasteiger partial charge in [0.1, 0.15) is 23.9 Å². The summed E-state index contributed by atoms with van der Waals surface area (Å²) in [6.45, 7) is 1.30. The third-order valence-electron chi connectivity index (χ3n) is 3.46. The summed E-state index contributed by atoms with van der Waals surface area (Å²) < 4.78 is 24.0. The number of rotatable bonds is 10. The zero-order valence-corrected chi connectivity index (χ0v) is 15.5. The van der Waals surface area contributed by atoms with Gasteiger partial charge >= 0.3 is 6.03 Å². The van der Waals surface area contributed by atoms with Gasteiger partial charge in [-0.3, -0.25) is 0 Å². The first kappa shape index (κ1) is 19.9. The van der Waals surface area contributed by atoms with Crippen LogP contribution < -0.4 is 20.1 Å². The van der Waals surface area contributed by atoms with Crippen molar-refractivity contribution < 1.29 is 18.7 Å². The summed E-state index contributed by atoms with van der Waals surface area (Å²) in [5.74, 6) is 2.60. The Morgan fingerprint density at radius 1 is 1.04 bits per heavy atom. The highest BCUT2D eigenvalue weighted by Gasteiger charge is 2.02. The van der Waals surface area contributed by atoms with Gasteiger partial charge < -0.3 is 20.1 Å². The minimum atomic E-state index is -0.241. The van der Waals surface area contributed by atoms with Gasteiger partial charge in [-0.25, -0.2) is 9.18 Å². The molecule has 0 aliphatic carbocycles. The van der Waals surface area contributed by atoms with Gasteiger partial charge in [0.25, 0.3) is 0 Å². The van der Waals surface area contributed by atoms with Crippen molar-refractivity contribution in [1.29, 1.82) is 0 Å². The van der Waals surface area contributed by atoms with Crippen molar-refractivity contribution in [3.8, 4) is 11.5 Å². The molecule has 0 atom stereocenters. The third-order valence-corrected chi connectivity index (χ3v) is 4.47. The van der Waals surface area contributed by atoms with Gasteiger partial charge in [0.05, 0.1) is 13.7 Å². The first-order chi connectivity index (χ1) is 12.7. The Balaban J connectivity index is 1.50. The van der Waals surface area contributed by atoms with E-state index in [9.17, 15) is 9.18 Å². The molecule has 26 heavy (non-hydrogen) atoms. The SMILES string of the molecule is COc1ccc(OCCNC(=O)NCCSCc2ccccc2F)cc1. The van der Waals surface area contributed by atoms with Crippen LogP contribution in [0.1, 0.15) is 5.56 Å². The molecule has 2 amide bonds. The number of amides is 2. The molecule has 0 saturated carbocycles. The molecule has 0 saturated heterocycles. The standard InChI is InChI=1S/C19H23FN2O3S/c1-24-16-6-8-17(9-7-16)25-12-10-21-19(23)22-11-13-26-14-15-4-2-3-5-18(15)20/h2-9H,10-14H2,1H3,(H2,21,22,23). The Labute approximate surface area is 157 Å². The zero-order valence-electron chi connectivity index (χ0n) is 14.7. The van der Waals surface area contributed by atoms with E-state index in [1.54, 1.807) is 31.0 Å². The molecule has 0 radical (unpaired) electrons. The Kier molecular flexibility index (Phi) is 8.62. The molecule has 7 heteroatoms. The van der Waals surface area contributed by atoms with E-state index >= 15 is 0 Å². The van der Waals surface area contributed by atoms with E-state index in [1.807, 2.05) is 30.3 Å². The Hall–Kier alpha value is -2.41. The number of carbonyl (C=O) groups excluding carboxylic acids is 1. The number of benzene rings is 2. The Bertz CT molecular complexity index is 683. The quantitative estimate of drug-likeness (QED) is 0.622. The van der Waals surface area contributed by atoms with E-state index in [1.165, 1.54) is 6.07 Å². The van der Waals surface area contributed by atoms with Crippen molar-refractivity contribution in [2.45, 2.75) is 5.75 Å². The lowest BCUT2D eigenvalue weighted by molar-refractivity contribution is 0.237. The van der Waals surface area contributed by atoms with Crippen LogP contribution in [0.5, 0.6) is 11.5 Å². The molecular weight excluding hydrogens is 355 g/mol. The summed E-state index contributed by atoms with van der Waals surface area (Å²) >= 11 is 1.57. The normalized spacial score (nSPS) is 10.2. The highest BCUT2D eigenvalue weighted by molar-refractivity contribution is 7.98. The minimum Gasteiger partial charge on any atom is -0.497 e. The molecule has 0 aliphatic heterocycles. The van der Waals surface area contributed by atoms with Gasteiger partial charge in [0, 0.05) is 18.1 Å². The molecule has 0 bridgehead atoms. The fourth-order valence-electron chi connectivity index (χ4n) is 2.10. The molecule has 0 aromatic heterocycles. The molecule has 5 nitrogen and oxygen atoms in total. The Morgan fingerprint density at radius 2 is 1.73 bits per heavy atom. The number of halogens is 1. The van der Waals surface area contributed by atoms with Crippen molar-refractivity contribution >= 4 is 17.8 Å². The van der Waals surface area contributed by atoms with Crippen molar-refractivity contribution in [2.75, 3.05) is 32.6 Å². The van der Waals surface area contributed by atoms with Crippen LogP contribution in [0, 0.1) is 5.82 Å². The number of urea groups is 1. The maximum Gasteiger partial charge on any atom is 0.314 e. The van der Waals surface area contributed by atoms with Crippen LogP contribution in [0.15, 0.2) is 48.5 Å². The van der Waals surface area contributed by atoms with Crippen LogP contribution in [0.25, 0.3) is 0 Å². The average molecular weight is 378 g/mol. The zero-order chi connectivity index (χ0) is 18.6. The van der Waals surface area contributed by atoms with Crippen molar-refractivity contribution in [2.24, 2.45) is 0 Å². The fourth-order valence-corrected chi connectivity index (χ4v) is 2.95. The van der Waals surface area contributed by atoms with E-state index in [4.69, 9.17) is 9.47 Å². The second-order valence-electron chi connectivity index (χ2n) is 5.35. The van der Waals surface area contributed by atoms with Crippen molar-refractivity contribution in [3.63, 3.8) is 0 Å². The molecule has 0 unspecified atom stereocenters. The summed E-state index contributed by atoms with van der Waals surface area (Å²) in [6, 6.07) is 13.7. The lowest BCUT2D eigenvalue weighted by Gasteiger charge is -2.09. The fraction of sp³-hybridized carbons (Fsp3) is 0.316. The predicted molar refractivity (Wildman–Crippen MR) is 102 cm³/mol. The maximum absolute atomic E-state index is 13.4. The summed E-state index contributed by atoms with van der Waals surface area (Å²) in [5.41, 5.74) is 0.678. The predicted octanol–water partition coefficient (Wildman–Crippen LogP) is 3.45. The number of hydrogen-bond donors (Lipinski definition) is 2. The van der Waals surface area contributed by atoms with E-state index in [0.29, 0.717) is 36.8 Å². The first-order valence-corrected chi connectivity index (χ1v) is 9.44. The highest BCUT2D eigenvalue weighted by Crippen LogP contribution is 2.16. The average Bonchev–Trinajstić information content (AvgIpc) is 2.67. The largest absolute Gasteiger partial charge is 0.497 e. The summed E-state index contributed by atoms with van der Waals surface area (Å²) in [7, 11) is 1.61. The van der Waals surface area contributed by atoms with E-state index in [-0.39, 0.29) is 11.8 Å². The van der Waals surface area contributed by atoms with Crippen molar-refractivity contribution in [1.82, 2.24) is 10.6 Å². The van der Waals surface area contributed by atoms with E-state index in [0.717, 1.165) is 11.5 Å². The van der Waals surface area contributed by atoms with Gasteiger partial charge in [0.2, 0.25) is 0 Å². The number of nitrogens with one attached hydrogen (secondary N) is 2. The molecule has 2 aromatic rings. The number of thioether (sulfide) groups is 1. The molecule has 0 heterocycles. The van der Waals surface area contributed by atoms with Crippen molar-refractivity contribution in [3.05, 3.63) is 59.9 Å². The minimum absolute atomic E-state index is 0.192. The second-order valence-corrected chi connectivity index (χ2v) is 6.46. The monoisotopic (exact) mass is 378 g/mol. The Morgan fingerprint density at radius 3 is 2.46 bits per heavy atom. The van der Waals surface area contributed by atoms with Gasteiger partial charge in [-0.2, -0.15) is 11.8 Å². The molecule has 140 valence electrons. The van der Waals surface area contributed by atoms with Crippen LogP contribution in [0.2, 0.25) is 0 Å². The van der Waals surface area contributed by atoms with Gasteiger partial charge in [0.15, 0.2) is 0 Å². The van der Waals surface area contributed by atoms with E-state index < -0.39 is 0 Å². The van der Waals surface area contributed by atoms with Crippen LogP contribution in [0.4, 0.5) is 9.18 Å². The van der Waals surface area contributed by atoms with E-state index in [2.05, 4.69) is 10.6 Å². The van der Waals surface area contributed by atoms with Gasteiger partial charge in [-0.05, 0) is 35.9 Å². The van der Waals surface area contributed by atoms with Crippen LogP contribution in [-0.2, 0) is 5.75 Å². The molecule has 0 spiro atoms. The summed E-state index contributed by atoms with van der Waals surface area (Å²) in [5, 5.41) is 5.48. The molecule has 0 fully saturated rings. The van der Waals surface area contributed by atoms with Crippen LogP contribution in [0.3, 0.4) is 0 Å². The molecular formula is C19H23FN2O3S. The molecule has 0 aliphatic rings. The number of carbonyl (C=O) groups is 1. The molecule has 2 N–H and O–H groups in total. The van der Waals surface area contributed by atoms with Gasteiger partial charge in [-0.1, -0.05) is 18.2 Å². The first-order valence-electron chi connectivity index (χ1n) is 8.29. The summed E-state index contributed by atoms with van der Waals surface area (Å²) in [6.07, 6.45) is 0. The lowest BCUT2D eigenvalue weighted by atomic mass is 10.2. The maximum atomic E-state index is 13.4. The topological polar surface area (TPSA) is 59.6 Å². The van der Waals surface area contributed by atoms with Gasteiger partial charge in [-0.15, -0.1) is 0 Å². The summed E-state index contributed by atoms with van der Waals surface area (Å²) in [4.78, 5) is 11.7. The number of hydrogen-bond acceptors (Lipinski definition) is 4. The molecule has 2 aromatic carbocycles. The highest BCUT2D eigenvalue weighted by atomic mass is 32.2. The number of ether oxygens (including phenoxy) is 2. The lowest BCUT2D eigenvalue weighted by Crippen LogP contribution is -2.38. The molecule has 2 rings (SSSR count). The smallest absolute Gasteiger partial charge is 0.314 e. The second kappa shape index (κ2) is 11.3.